The van der Waals surface area contributed by atoms with E-state index in [0.29, 0.717) is 24.1 Å². The zero-order chi connectivity index (χ0) is 24.0. The van der Waals surface area contributed by atoms with Crippen LogP contribution < -0.4 is 4.74 Å². The maximum absolute atomic E-state index is 12.0. The van der Waals surface area contributed by atoms with Crippen LogP contribution in [-0.2, 0) is 16.8 Å². The summed E-state index contributed by atoms with van der Waals surface area (Å²) in [5.41, 5.74) is 2.71. The first-order valence-electron chi connectivity index (χ1n) is 12.0. The molecule has 1 N–H and O–H groups in total. The van der Waals surface area contributed by atoms with Crippen molar-refractivity contribution in [3.63, 3.8) is 0 Å². The number of ether oxygens (including phenoxy) is 2. The molecule has 0 spiro atoms. The molecule has 1 saturated heterocycles. The first-order valence-corrected chi connectivity index (χ1v) is 12.4. The minimum absolute atomic E-state index is 0.448. The van der Waals surface area contributed by atoms with E-state index in [9.17, 15) is 5.11 Å². The second-order valence-electron chi connectivity index (χ2n) is 9.19. The van der Waals surface area contributed by atoms with Gasteiger partial charge in [-0.1, -0.05) is 65.7 Å². The molecule has 4 rings (SSSR count). The van der Waals surface area contributed by atoms with E-state index in [1.165, 1.54) is 12.8 Å². The summed E-state index contributed by atoms with van der Waals surface area (Å²) in [5.74, 6) is 0.809. The van der Waals surface area contributed by atoms with Crippen LogP contribution >= 0.6 is 11.6 Å². The fourth-order valence-corrected chi connectivity index (χ4v) is 4.90. The first-order chi connectivity index (χ1) is 16.5. The third kappa shape index (κ3) is 6.00. The van der Waals surface area contributed by atoms with Crippen LogP contribution in [0.3, 0.4) is 0 Å². The Morgan fingerprint density at radius 3 is 2.26 bits per heavy atom. The summed E-state index contributed by atoms with van der Waals surface area (Å²) in [6.07, 6.45) is 2.85. The normalized spacial score (nSPS) is 18.1. The summed E-state index contributed by atoms with van der Waals surface area (Å²) in [6, 6.07) is 24.1. The van der Waals surface area contributed by atoms with Gasteiger partial charge in [0, 0.05) is 31.1 Å². The second-order valence-corrected chi connectivity index (χ2v) is 9.63. The fraction of sp³-hybridized carbons (Fsp3) is 0.379. The smallest absolute Gasteiger partial charge is 0.119 e. The van der Waals surface area contributed by atoms with E-state index in [-0.39, 0.29) is 0 Å². The predicted molar refractivity (Wildman–Crippen MR) is 138 cm³/mol. The van der Waals surface area contributed by atoms with Crippen LogP contribution in [0.25, 0.3) is 0 Å². The molecule has 0 aromatic heterocycles. The zero-order valence-corrected chi connectivity index (χ0v) is 20.8. The van der Waals surface area contributed by atoms with Crippen molar-refractivity contribution in [2.45, 2.75) is 37.8 Å². The number of benzene rings is 3. The van der Waals surface area contributed by atoms with Crippen LogP contribution in [0.5, 0.6) is 5.75 Å². The maximum atomic E-state index is 12.0. The molecule has 1 fully saturated rings. The number of aliphatic hydroxyl groups is 1. The van der Waals surface area contributed by atoms with Crippen LogP contribution in [-0.4, -0.2) is 49.5 Å². The van der Waals surface area contributed by atoms with Crippen molar-refractivity contribution in [2.75, 3.05) is 33.4 Å². The molecule has 1 aliphatic heterocycles. The summed E-state index contributed by atoms with van der Waals surface area (Å²) in [4.78, 5) is 2.44. The van der Waals surface area contributed by atoms with Crippen molar-refractivity contribution in [2.24, 2.45) is 0 Å². The van der Waals surface area contributed by atoms with E-state index >= 15 is 0 Å². The highest BCUT2D eigenvalue weighted by Crippen LogP contribution is 2.35. The first kappa shape index (κ1) is 24.7. The topological polar surface area (TPSA) is 41.9 Å². The molecule has 5 heteroatoms. The van der Waals surface area contributed by atoms with E-state index in [0.717, 1.165) is 47.7 Å². The molecule has 2 atom stereocenters. The van der Waals surface area contributed by atoms with Crippen molar-refractivity contribution < 1.29 is 14.6 Å². The zero-order valence-electron chi connectivity index (χ0n) is 20.0. The van der Waals surface area contributed by atoms with E-state index in [1.807, 2.05) is 79.7 Å². The molecule has 0 aliphatic carbocycles. The molecule has 3 aromatic carbocycles. The van der Waals surface area contributed by atoms with Gasteiger partial charge in [0.1, 0.15) is 18.0 Å². The third-order valence-electron chi connectivity index (χ3n) is 6.74. The quantitative estimate of drug-likeness (QED) is 0.410. The Bertz CT molecular complexity index is 1040. The molecule has 4 nitrogen and oxygen atoms in total. The molecular formula is C29H34ClNO3. The Morgan fingerprint density at radius 1 is 0.971 bits per heavy atom. The molecule has 0 saturated carbocycles. The maximum Gasteiger partial charge on any atom is 0.119 e. The van der Waals surface area contributed by atoms with Gasteiger partial charge >= 0.3 is 0 Å². The minimum atomic E-state index is -1.16. The Balaban J connectivity index is 1.48. The number of halogens is 1. The van der Waals surface area contributed by atoms with E-state index in [1.54, 1.807) is 7.11 Å². The lowest BCUT2D eigenvalue weighted by molar-refractivity contribution is 0.0810. The molecule has 1 heterocycles. The monoisotopic (exact) mass is 479 g/mol. The number of nitrogens with zero attached hydrogens (tertiary/aromatic N) is 1. The summed E-state index contributed by atoms with van der Waals surface area (Å²) < 4.78 is 11.4. The Morgan fingerprint density at radius 2 is 1.62 bits per heavy atom. The highest BCUT2D eigenvalue weighted by molar-refractivity contribution is 6.30. The van der Waals surface area contributed by atoms with Crippen LogP contribution in [0.4, 0.5) is 0 Å². The summed E-state index contributed by atoms with van der Waals surface area (Å²) in [5, 5.41) is 12.7. The van der Waals surface area contributed by atoms with Gasteiger partial charge in [-0.3, -0.25) is 4.90 Å². The second kappa shape index (κ2) is 11.4. The summed E-state index contributed by atoms with van der Waals surface area (Å²) >= 11 is 6.07. The number of rotatable bonds is 10. The lowest BCUT2D eigenvalue weighted by Crippen LogP contribution is -2.35. The number of likely N-dealkylation sites (tertiary alicyclic amines) is 1. The molecule has 3 aromatic rings. The number of hydrogen-bond acceptors (Lipinski definition) is 4. The minimum Gasteiger partial charge on any atom is -0.492 e. The predicted octanol–water partition coefficient (Wildman–Crippen LogP) is 5.62. The van der Waals surface area contributed by atoms with Crippen LogP contribution in [0.15, 0.2) is 72.8 Å². The lowest BCUT2D eigenvalue weighted by Gasteiger charge is -2.30. The van der Waals surface area contributed by atoms with E-state index < -0.39 is 5.60 Å². The van der Waals surface area contributed by atoms with Crippen LogP contribution in [0.1, 0.15) is 35.1 Å². The standard InChI is InChI=1S/C29H34ClNO3/c1-22-5-9-24(10-6-22)29(32,20-23-7-13-26(30)14-8-23)25-11-15-28(16-12-25)34-19-18-31-17-3-4-27(31)21-33-2/h5-16,27,32H,3-4,17-21H2,1-2H3/t27-,29?/m0/s1. The highest BCUT2D eigenvalue weighted by atomic mass is 35.5. The molecule has 34 heavy (non-hydrogen) atoms. The summed E-state index contributed by atoms with van der Waals surface area (Å²) in [7, 11) is 1.76. The van der Waals surface area contributed by atoms with Crippen molar-refractivity contribution in [1.29, 1.82) is 0 Å². The average Bonchev–Trinajstić information content (AvgIpc) is 3.28. The molecular weight excluding hydrogens is 446 g/mol. The van der Waals surface area contributed by atoms with Crippen LogP contribution in [0, 0.1) is 6.92 Å². The SMILES string of the molecule is COC[C@@H]1CCCN1CCOc1ccc(C(O)(Cc2ccc(Cl)cc2)c2ccc(C)cc2)cc1. The average molecular weight is 480 g/mol. The molecule has 1 aliphatic rings. The van der Waals surface area contributed by atoms with Gasteiger partial charge < -0.3 is 14.6 Å². The van der Waals surface area contributed by atoms with Gasteiger partial charge in [-0.2, -0.15) is 0 Å². The third-order valence-corrected chi connectivity index (χ3v) is 6.99. The van der Waals surface area contributed by atoms with Gasteiger partial charge in [-0.15, -0.1) is 0 Å². The van der Waals surface area contributed by atoms with Crippen molar-refractivity contribution >= 4 is 11.6 Å². The van der Waals surface area contributed by atoms with Gasteiger partial charge in [-0.25, -0.2) is 0 Å². The fourth-order valence-electron chi connectivity index (χ4n) is 4.78. The largest absolute Gasteiger partial charge is 0.492 e. The highest BCUT2D eigenvalue weighted by Gasteiger charge is 2.32. The van der Waals surface area contributed by atoms with Gasteiger partial charge in [-0.05, 0) is 67.3 Å². The number of hydrogen-bond donors (Lipinski definition) is 1. The lowest BCUT2D eigenvalue weighted by atomic mass is 9.81. The molecule has 0 radical (unpaired) electrons. The van der Waals surface area contributed by atoms with Gasteiger partial charge in [0.25, 0.3) is 0 Å². The molecule has 180 valence electrons. The molecule has 0 amide bonds. The Hall–Kier alpha value is -2.37. The van der Waals surface area contributed by atoms with Crippen LogP contribution in [0.2, 0.25) is 5.02 Å². The Labute approximate surface area is 208 Å². The Kier molecular flexibility index (Phi) is 8.28. The van der Waals surface area contributed by atoms with E-state index in [2.05, 4.69) is 4.90 Å². The van der Waals surface area contributed by atoms with Crippen molar-refractivity contribution in [3.8, 4) is 5.75 Å². The van der Waals surface area contributed by atoms with Gasteiger partial charge in [0.2, 0.25) is 0 Å². The van der Waals surface area contributed by atoms with E-state index in [4.69, 9.17) is 21.1 Å². The molecule has 0 bridgehead atoms. The van der Waals surface area contributed by atoms with Gasteiger partial charge in [0.15, 0.2) is 0 Å². The number of aryl methyl sites for hydroxylation is 1. The van der Waals surface area contributed by atoms with Gasteiger partial charge in [0.05, 0.1) is 6.61 Å². The van der Waals surface area contributed by atoms with Crippen molar-refractivity contribution in [1.82, 2.24) is 4.90 Å². The summed E-state index contributed by atoms with van der Waals surface area (Å²) in [6.45, 7) is 5.45. The number of methoxy groups -OCH3 is 1. The molecule has 1 unspecified atom stereocenters. The van der Waals surface area contributed by atoms with Crippen molar-refractivity contribution in [3.05, 3.63) is 100 Å².